The van der Waals surface area contributed by atoms with Crippen molar-refractivity contribution in [1.29, 1.82) is 0 Å². The number of amidine groups is 1. The van der Waals surface area contributed by atoms with Gasteiger partial charge in [-0.05, 0) is 24.0 Å². The average Bonchev–Trinajstić information content (AvgIpc) is 2.49. The molecule has 1 rings (SSSR count). The molecule has 0 radical (unpaired) electrons. The first-order valence-electron chi connectivity index (χ1n) is 7.50. The van der Waals surface area contributed by atoms with E-state index in [2.05, 4.69) is 36.3 Å². The van der Waals surface area contributed by atoms with E-state index in [9.17, 15) is 0 Å². The normalized spacial score (nSPS) is 11.8. The molecule has 112 valence electrons. The lowest BCUT2D eigenvalue weighted by atomic mass is 10.0. The fraction of sp³-hybridized carbons (Fsp3) is 0.562. The van der Waals surface area contributed by atoms with Crippen molar-refractivity contribution < 1.29 is 0 Å². The fourth-order valence-electron chi connectivity index (χ4n) is 2.11. The molecule has 3 nitrogen and oxygen atoms in total. The van der Waals surface area contributed by atoms with E-state index in [0.29, 0.717) is 5.17 Å². The summed E-state index contributed by atoms with van der Waals surface area (Å²) in [7, 11) is 0. The van der Waals surface area contributed by atoms with Crippen LogP contribution in [0.15, 0.2) is 29.4 Å². The molecule has 1 aromatic carbocycles. The Balaban J connectivity index is 2.21. The first-order valence-corrected chi connectivity index (χ1v) is 8.48. The van der Waals surface area contributed by atoms with Crippen LogP contribution in [0.25, 0.3) is 0 Å². The SMILES string of the molecule is CCCCCCCCc1ccc(CSC(N)=NN)cc1. The maximum atomic E-state index is 5.55. The van der Waals surface area contributed by atoms with Crippen molar-refractivity contribution in [2.24, 2.45) is 16.7 Å². The summed E-state index contributed by atoms with van der Waals surface area (Å²) in [6.45, 7) is 2.26. The first-order chi connectivity index (χ1) is 9.76. The molecule has 20 heavy (non-hydrogen) atoms. The number of hydrogen-bond donors (Lipinski definition) is 2. The minimum absolute atomic E-state index is 0.432. The molecular formula is C16H27N3S. The van der Waals surface area contributed by atoms with E-state index in [-0.39, 0.29) is 0 Å². The lowest BCUT2D eigenvalue weighted by Gasteiger charge is -2.04. The second kappa shape index (κ2) is 10.6. The van der Waals surface area contributed by atoms with Gasteiger partial charge in [-0.3, -0.25) is 0 Å². The number of thioether (sulfide) groups is 1. The summed E-state index contributed by atoms with van der Waals surface area (Å²) >= 11 is 1.47. The van der Waals surface area contributed by atoms with E-state index in [1.807, 2.05) is 0 Å². The summed E-state index contributed by atoms with van der Waals surface area (Å²) in [6.07, 6.45) is 9.29. The van der Waals surface area contributed by atoms with Crippen molar-refractivity contribution in [1.82, 2.24) is 0 Å². The number of nitrogens with two attached hydrogens (primary N) is 2. The molecule has 1 aromatic rings. The first kappa shape index (κ1) is 16.9. The molecule has 0 aliphatic rings. The predicted octanol–water partition coefficient (Wildman–Crippen LogP) is 4.01. The number of benzene rings is 1. The minimum atomic E-state index is 0.432. The molecule has 0 unspecified atom stereocenters. The molecule has 0 aliphatic carbocycles. The Hall–Kier alpha value is -1.16. The Labute approximate surface area is 127 Å². The highest BCUT2D eigenvalue weighted by Gasteiger charge is 1.98. The van der Waals surface area contributed by atoms with E-state index in [4.69, 9.17) is 11.6 Å². The standard InChI is InChI=1S/C16H27N3S/c1-2-3-4-5-6-7-8-14-9-11-15(12-10-14)13-20-16(17)19-18/h9-12H,2-8,13,18H2,1H3,(H2,17,19). The van der Waals surface area contributed by atoms with Crippen LogP contribution in [-0.4, -0.2) is 5.17 Å². The number of hydrogen-bond acceptors (Lipinski definition) is 3. The molecule has 0 spiro atoms. The molecular weight excluding hydrogens is 266 g/mol. The van der Waals surface area contributed by atoms with Gasteiger partial charge in [0.05, 0.1) is 0 Å². The van der Waals surface area contributed by atoms with E-state index in [1.54, 1.807) is 0 Å². The Bertz CT molecular complexity index is 387. The predicted molar refractivity (Wildman–Crippen MR) is 90.6 cm³/mol. The zero-order chi connectivity index (χ0) is 14.6. The van der Waals surface area contributed by atoms with E-state index >= 15 is 0 Å². The molecule has 4 heteroatoms. The molecule has 0 bridgehead atoms. The van der Waals surface area contributed by atoms with E-state index < -0.39 is 0 Å². The zero-order valence-electron chi connectivity index (χ0n) is 12.5. The van der Waals surface area contributed by atoms with Crippen LogP contribution in [0, 0.1) is 0 Å². The van der Waals surface area contributed by atoms with E-state index in [1.165, 1.54) is 67.8 Å². The summed E-state index contributed by atoms with van der Waals surface area (Å²) in [5, 5.41) is 3.88. The van der Waals surface area contributed by atoms with Crippen LogP contribution >= 0.6 is 11.8 Å². The zero-order valence-corrected chi connectivity index (χ0v) is 13.3. The number of unbranched alkanes of at least 4 members (excludes halogenated alkanes) is 5. The van der Waals surface area contributed by atoms with Crippen LogP contribution in [0.1, 0.15) is 56.6 Å². The quantitative estimate of drug-likeness (QED) is 0.238. The maximum Gasteiger partial charge on any atom is 0.177 e. The Kier molecular flexibility index (Phi) is 8.96. The molecule has 0 aliphatic heterocycles. The Morgan fingerprint density at radius 2 is 1.60 bits per heavy atom. The number of aryl methyl sites for hydroxylation is 1. The van der Waals surface area contributed by atoms with Gasteiger partial charge in [-0.25, -0.2) is 0 Å². The molecule has 0 aromatic heterocycles. The van der Waals surface area contributed by atoms with Gasteiger partial charge in [-0.2, -0.15) is 5.10 Å². The van der Waals surface area contributed by atoms with Crippen molar-refractivity contribution in [2.75, 3.05) is 0 Å². The monoisotopic (exact) mass is 293 g/mol. The summed E-state index contributed by atoms with van der Waals surface area (Å²) < 4.78 is 0. The van der Waals surface area contributed by atoms with Gasteiger partial charge >= 0.3 is 0 Å². The van der Waals surface area contributed by atoms with Crippen LogP contribution in [0.2, 0.25) is 0 Å². The molecule has 4 N–H and O–H groups in total. The third kappa shape index (κ3) is 7.43. The van der Waals surface area contributed by atoms with Crippen LogP contribution in [-0.2, 0) is 12.2 Å². The Morgan fingerprint density at radius 3 is 2.25 bits per heavy atom. The number of nitrogens with zero attached hydrogens (tertiary/aromatic N) is 1. The number of rotatable bonds is 9. The molecule has 0 saturated heterocycles. The third-order valence-electron chi connectivity index (χ3n) is 3.36. The number of hydrazone groups is 1. The van der Waals surface area contributed by atoms with Gasteiger partial charge < -0.3 is 11.6 Å². The summed E-state index contributed by atoms with van der Waals surface area (Å²) in [6, 6.07) is 8.78. The lowest BCUT2D eigenvalue weighted by Crippen LogP contribution is -2.09. The smallest absolute Gasteiger partial charge is 0.177 e. The topological polar surface area (TPSA) is 64.4 Å². The fourth-order valence-corrected chi connectivity index (χ4v) is 2.69. The minimum Gasteiger partial charge on any atom is -0.377 e. The highest BCUT2D eigenvalue weighted by atomic mass is 32.2. The molecule has 0 amide bonds. The summed E-state index contributed by atoms with van der Waals surface area (Å²) in [5.74, 6) is 5.92. The van der Waals surface area contributed by atoms with Gasteiger partial charge in [0.2, 0.25) is 0 Å². The Morgan fingerprint density at radius 1 is 1.00 bits per heavy atom. The second-order valence-electron chi connectivity index (χ2n) is 5.09. The van der Waals surface area contributed by atoms with Crippen molar-refractivity contribution in [3.63, 3.8) is 0 Å². The van der Waals surface area contributed by atoms with Crippen molar-refractivity contribution >= 4 is 16.9 Å². The third-order valence-corrected chi connectivity index (χ3v) is 4.23. The molecule has 0 heterocycles. The average molecular weight is 293 g/mol. The summed E-state index contributed by atoms with van der Waals surface area (Å²) in [4.78, 5) is 0. The van der Waals surface area contributed by atoms with Gasteiger partial charge in [-0.15, -0.1) is 0 Å². The molecule has 0 saturated carbocycles. The van der Waals surface area contributed by atoms with Gasteiger partial charge in [0.1, 0.15) is 0 Å². The van der Waals surface area contributed by atoms with Crippen LogP contribution in [0.5, 0.6) is 0 Å². The van der Waals surface area contributed by atoms with Crippen LogP contribution in [0.4, 0.5) is 0 Å². The van der Waals surface area contributed by atoms with Gasteiger partial charge in [-0.1, -0.05) is 75.1 Å². The highest BCUT2D eigenvalue weighted by Crippen LogP contribution is 2.15. The van der Waals surface area contributed by atoms with Gasteiger partial charge in [0, 0.05) is 5.75 Å². The van der Waals surface area contributed by atoms with Crippen molar-refractivity contribution in [3.05, 3.63) is 35.4 Å². The molecule has 0 atom stereocenters. The summed E-state index contributed by atoms with van der Waals surface area (Å²) in [5.41, 5.74) is 8.24. The van der Waals surface area contributed by atoms with Crippen molar-refractivity contribution in [3.8, 4) is 0 Å². The lowest BCUT2D eigenvalue weighted by molar-refractivity contribution is 0.607. The van der Waals surface area contributed by atoms with Crippen LogP contribution < -0.4 is 11.6 Å². The van der Waals surface area contributed by atoms with E-state index in [0.717, 1.165) is 5.75 Å². The maximum absolute atomic E-state index is 5.55. The molecule has 0 fully saturated rings. The van der Waals surface area contributed by atoms with Crippen molar-refractivity contribution in [2.45, 2.75) is 57.6 Å². The van der Waals surface area contributed by atoms with Gasteiger partial charge in [0.25, 0.3) is 0 Å². The highest BCUT2D eigenvalue weighted by molar-refractivity contribution is 8.13. The van der Waals surface area contributed by atoms with Crippen LogP contribution in [0.3, 0.4) is 0 Å². The second-order valence-corrected chi connectivity index (χ2v) is 6.09. The largest absolute Gasteiger partial charge is 0.377 e. The van der Waals surface area contributed by atoms with Gasteiger partial charge in [0.15, 0.2) is 5.17 Å².